The van der Waals surface area contributed by atoms with Gasteiger partial charge in [-0.3, -0.25) is 9.78 Å². The lowest BCUT2D eigenvalue weighted by Gasteiger charge is -2.20. The fraction of sp³-hybridized carbons (Fsp3) is 0.161. The number of benzene rings is 2. The summed E-state index contributed by atoms with van der Waals surface area (Å²) in [5, 5.41) is 11.3. The van der Waals surface area contributed by atoms with Gasteiger partial charge >= 0.3 is 6.09 Å². The van der Waals surface area contributed by atoms with E-state index in [4.69, 9.17) is 28.2 Å². The van der Waals surface area contributed by atoms with Crippen molar-refractivity contribution in [2.75, 3.05) is 25.0 Å². The Kier molecular flexibility index (Phi) is 6.89. The van der Waals surface area contributed by atoms with Crippen molar-refractivity contribution in [3.63, 3.8) is 0 Å². The smallest absolute Gasteiger partial charge is 0.407 e. The quantitative estimate of drug-likeness (QED) is 0.228. The van der Waals surface area contributed by atoms with E-state index in [1.54, 1.807) is 12.4 Å². The average molecular weight is 586 g/mol. The zero-order valence-electron chi connectivity index (χ0n) is 22.3. The monoisotopic (exact) mass is 585 g/mol. The standard InChI is InChI=1S/C31H25Cl2N5O3/c1-36-12-13-38(31(40)41)16-19-7-6-18(14-26(19)36)29-28(33)23(10-11-34-29)22-4-3-5-24(27(22)32)25-9-8-21-20(17-39)15-37(2)30(21)35-25/h3-11,14-15,17H,12-13,16H2,1-2H3,(H,40,41). The maximum Gasteiger partial charge on any atom is 0.407 e. The van der Waals surface area contributed by atoms with Gasteiger partial charge in [-0.15, -0.1) is 0 Å². The molecule has 5 aromatic rings. The molecule has 0 unspecified atom stereocenters. The van der Waals surface area contributed by atoms with Crippen LogP contribution in [0.25, 0.3) is 44.7 Å². The van der Waals surface area contributed by atoms with Gasteiger partial charge in [0, 0.05) is 78.5 Å². The van der Waals surface area contributed by atoms with Crippen LogP contribution >= 0.6 is 23.2 Å². The number of fused-ring (bicyclic) bond motifs is 2. The highest BCUT2D eigenvalue weighted by Gasteiger charge is 2.23. The molecule has 1 aliphatic heterocycles. The fourth-order valence-corrected chi connectivity index (χ4v) is 6.00. The van der Waals surface area contributed by atoms with Crippen LogP contribution in [0.5, 0.6) is 0 Å². The van der Waals surface area contributed by atoms with Crippen molar-refractivity contribution in [3.05, 3.63) is 88.2 Å². The van der Waals surface area contributed by atoms with Crippen LogP contribution in [0.15, 0.2) is 67.0 Å². The second-order valence-corrected chi connectivity index (χ2v) is 10.8. The normalized spacial score (nSPS) is 13.3. The molecule has 0 fully saturated rings. The Morgan fingerprint density at radius 1 is 0.976 bits per heavy atom. The Hall–Kier alpha value is -4.40. The molecule has 0 atom stereocenters. The first-order valence-corrected chi connectivity index (χ1v) is 13.7. The van der Waals surface area contributed by atoms with Crippen LogP contribution < -0.4 is 4.90 Å². The summed E-state index contributed by atoms with van der Waals surface area (Å²) in [6, 6.07) is 17.2. The van der Waals surface area contributed by atoms with E-state index >= 15 is 0 Å². The lowest BCUT2D eigenvalue weighted by atomic mass is 9.99. The van der Waals surface area contributed by atoms with E-state index in [0.29, 0.717) is 52.3 Å². The zero-order chi connectivity index (χ0) is 28.8. The van der Waals surface area contributed by atoms with Gasteiger partial charge in [-0.1, -0.05) is 53.5 Å². The summed E-state index contributed by atoms with van der Waals surface area (Å²) >= 11 is 14.0. The number of likely N-dealkylation sites (N-methyl/N-ethyl adjacent to an activating group) is 1. The maximum atomic E-state index is 11.6. The molecule has 0 bridgehead atoms. The van der Waals surface area contributed by atoms with Crippen molar-refractivity contribution in [1.29, 1.82) is 0 Å². The average Bonchev–Trinajstić information content (AvgIpc) is 3.19. The number of carbonyl (C=O) groups excluding carboxylic acids is 1. The number of carboxylic acid groups (broad SMARTS) is 1. The molecule has 8 nitrogen and oxygen atoms in total. The minimum atomic E-state index is -0.934. The lowest BCUT2D eigenvalue weighted by Crippen LogP contribution is -2.33. The first-order valence-electron chi connectivity index (χ1n) is 12.9. The Bertz CT molecular complexity index is 1850. The zero-order valence-corrected chi connectivity index (χ0v) is 23.8. The second-order valence-electron chi connectivity index (χ2n) is 10.0. The number of halogens is 2. The molecule has 3 aromatic heterocycles. The molecule has 206 valence electrons. The third kappa shape index (κ3) is 4.69. The summed E-state index contributed by atoms with van der Waals surface area (Å²) in [4.78, 5) is 35.9. The predicted molar refractivity (Wildman–Crippen MR) is 162 cm³/mol. The molecule has 0 spiro atoms. The molecule has 41 heavy (non-hydrogen) atoms. The van der Waals surface area contributed by atoms with E-state index in [2.05, 4.69) is 9.88 Å². The number of hydrogen-bond donors (Lipinski definition) is 1. The molecule has 1 aliphatic rings. The summed E-state index contributed by atoms with van der Waals surface area (Å²) < 4.78 is 1.82. The van der Waals surface area contributed by atoms with Gasteiger partial charge in [-0.25, -0.2) is 9.78 Å². The highest BCUT2D eigenvalue weighted by molar-refractivity contribution is 6.39. The maximum absolute atomic E-state index is 11.6. The lowest BCUT2D eigenvalue weighted by molar-refractivity contribution is 0.112. The van der Waals surface area contributed by atoms with Crippen molar-refractivity contribution >= 4 is 52.3 Å². The van der Waals surface area contributed by atoms with E-state index in [1.807, 2.05) is 73.3 Å². The predicted octanol–water partition coefficient (Wildman–Crippen LogP) is 7.02. The second kappa shape index (κ2) is 10.5. The van der Waals surface area contributed by atoms with E-state index < -0.39 is 6.09 Å². The molecule has 6 rings (SSSR count). The number of aldehydes is 1. The first kappa shape index (κ1) is 26.8. The number of amides is 1. The van der Waals surface area contributed by atoms with E-state index in [9.17, 15) is 14.7 Å². The number of aromatic nitrogens is 3. The van der Waals surface area contributed by atoms with Crippen LogP contribution in [-0.4, -0.2) is 57.1 Å². The van der Waals surface area contributed by atoms with Crippen LogP contribution in [0.2, 0.25) is 10.0 Å². The SMILES string of the molecule is CN1CCN(C(=O)O)Cc2ccc(-c3nccc(-c4cccc(-c5ccc6c(C=O)cn(C)c6n5)c4Cl)c3Cl)cc21. The molecule has 1 N–H and O–H groups in total. The molecule has 1 amide bonds. The largest absolute Gasteiger partial charge is 0.465 e. The van der Waals surface area contributed by atoms with Crippen molar-refractivity contribution in [2.45, 2.75) is 6.54 Å². The number of carbonyl (C=O) groups is 2. The number of hydrogen-bond acceptors (Lipinski definition) is 5. The minimum Gasteiger partial charge on any atom is -0.465 e. The van der Waals surface area contributed by atoms with Gasteiger partial charge in [-0.2, -0.15) is 0 Å². The molecule has 0 radical (unpaired) electrons. The van der Waals surface area contributed by atoms with Crippen LogP contribution in [-0.2, 0) is 13.6 Å². The highest BCUT2D eigenvalue weighted by Crippen LogP contribution is 2.42. The molecule has 4 heterocycles. The Morgan fingerprint density at radius 2 is 1.76 bits per heavy atom. The number of pyridine rings is 2. The van der Waals surface area contributed by atoms with E-state index in [-0.39, 0.29) is 0 Å². The number of nitrogens with zero attached hydrogens (tertiary/aromatic N) is 5. The van der Waals surface area contributed by atoms with Crippen molar-refractivity contribution < 1.29 is 14.7 Å². The number of anilines is 1. The molecule has 0 saturated carbocycles. The summed E-state index contributed by atoms with van der Waals surface area (Å²) in [6.45, 7) is 1.31. The summed E-state index contributed by atoms with van der Waals surface area (Å²) in [7, 11) is 3.80. The third-order valence-electron chi connectivity index (χ3n) is 7.54. The molecule has 2 aromatic carbocycles. The molecular formula is C31H25Cl2N5O3. The first-order chi connectivity index (χ1) is 19.8. The van der Waals surface area contributed by atoms with Gasteiger partial charge in [0.05, 0.1) is 28.0 Å². The Balaban J connectivity index is 1.41. The van der Waals surface area contributed by atoms with Gasteiger partial charge in [0.25, 0.3) is 0 Å². The Morgan fingerprint density at radius 3 is 2.54 bits per heavy atom. The summed E-state index contributed by atoms with van der Waals surface area (Å²) in [6.07, 6.45) is 3.35. The number of rotatable bonds is 4. The van der Waals surface area contributed by atoms with Gasteiger partial charge in [-0.05, 0) is 29.8 Å². The van der Waals surface area contributed by atoms with Crippen LogP contribution in [0.4, 0.5) is 10.5 Å². The summed E-state index contributed by atoms with van der Waals surface area (Å²) in [5.74, 6) is 0. The van der Waals surface area contributed by atoms with Crippen LogP contribution in [0, 0.1) is 0 Å². The fourth-order valence-electron chi connectivity index (χ4n) is 5.36. The van der Waals surface area contributed by atoms with Gasteiger partial charge in [0.1, 0.15) is 5.65 Å². The Labute approximate surface area is 246 Å². The topological polar surface area (TPSA) is 91.6 Å². The molecule has 0 aliphatic carbocycles. The van der Waals surface area contributed by atoms with Gasteiger partial charge in [0.2, 0.25) is 0 Å². The van der Waals surface area contributed by atoms with Crippen molar-refractivity contribution in [3.8, 4) is 33.6 Å². The molecule has 0 saturated heterocycles. The molecular weight excluding hydrogens is 561 g/mol. The molecule has 10 heteroatoms. The summed E-state index contributed by atoms with van der Waals surface area (Å²) in [5.41, 5.74) is 7.44. The van der Waals surface area contributed by atoms with Gasteiger partial charge < -0.3 is 19.5 Å². The van der Waals surface area contributed by atoms with Crippen molar-refractivity contribution in [1.82, 2.24) is 19.4 Å². The van der Waals surface area contributed by atoms with Crippen LogP contribution in [0.1, 0.15) is 15.9 Å². The van der Waals surface area contributed by atoms with E-state index in [1.165, 1.54) is 4.90 Å². The van der Waals surface area contributed by atoms with Crippen LogP contribution in [0.3, 0.4) is 0 Å². The van der Waals surface area contributed by atoms with Gasteiger partial charge in [0.15, 0.2) is 6.29 Å². The highest BCUT2D eigenvalue weighted by atomic mass is 35.5. The van der Waals surface area contributed by atoms with Crippen molar-refractivity contribution in [2.24, 2.45) is 7.05 Å². The van der Waals surface area contributed by atoms with E-state index in [0.717, 1.165) is 45.2 Å². The minimum absolute atomic E-state index is 0.317. The third-order valence-corrected chi connectivity index (χ3v) is 8.33. The number of aryl methyl sites for hydroxylation is 1.